The van der Waals surface area contributed by atoms with Gasteiger partial charge in [-0.05, 0) is 18.9 Å². The molecule has 2 aliphatic carbocycles. The summed E-state index contributed by atoms with van der Waals surface area (Å²) in [6.07, 6.45) is -6.12. The molecule has 2 aromatic rings. The second kappa shape index (κ2) is 12.9. The summed E-state index contributed by atoms with van der Waals surface area (Å²) >= 11 is 0. The highest BCUT2D eigenvalue weighted by atomic mass is 16.7. The summed E-state index contributed by atoms with van der Waals surface area (Å²) in [5.41, 5.74) is 4.33. The second-order valence-corrected chi connectivity index (χ2v) is 12.4. The van der Waals surface area contributed by atoms with E-state index in [1.54, 1.807) is 13.8 Å². The molecular formula is C32H38N2O13. The maximum Gasteiger partial charge on any atom is 0.341 e. The molecule has 1 fully saturated rings. The quantitative estimate of drug-likeness (QED) is 0.119. The van der Waals surface area contributed by atoms with Crippen LogP contribution in [0.25, 0.3) is 0 Å². The Kier molecular flexibility index (Phi) is 9.45. The van der Waals surface area contributed by atoms with E-state index >= 15 is 0 Å². The Morgan fingerprint density at radius 1 is 1.13 bits per heavy atom. The molecule has 2 aromatic carbocycles. The van der Waals surface area contributed by atoms with Crippen LogP contribution in [0.2, 0.25) is 0 Å². The molecule has 1 heterocycles. The number of aromatic hydroxyl groups is 2. The zero-order valence-electron chi connectivity index (χ0n) is 26.2. The largest absolute Gasteiger partial charge is 0.507 e. The minimum Gasteiger partial charge on any atom is -0.507 e. The number of phenolic OH excluding ortho intramolecular Hbond substituents is 2. The summed E-state index contributed by atoms with van der Waals surface area (Å²) in [5, 5.41) is 54.9. The number of nitrogens with two attached hydrogens (primary N) is 1. The Morgan fingerprint density at radius 3 is 2.45 bits per heavy atom. The number of hydrogen-bond acceptors (Lipinski definition) is 15. The lowest BCUT2D eigenvalue weighted by Gasteiger charge is -2.42. The van der Waals surface area contributed by atoms with Crippen molar-refractivity contribution in [3.63, 3.8) is 0 Å². The number of nitrogens with one attached hydrogen (secondary N) is 1. The van der Waals surface area contributed by atoms with Gasteiger partial charge in [0.1, 0.15) is 35.5 Å². The molecule has 8 N–H and O–H groups in total. The predicted octanol–water partition coefficient (Wildman–Crippen LogP) is 0.0737. The van der Waals surface area contributed by atoms with E-state index in [1.165, 1.54) is 32.2 Å². The first kappa shape index (κ1) is 34.4. The fraction of sp³-hybridized carbons (Fsp3) is 0.500. The van der Waals surface area contributed by atoms with Gasteiger partial charge in [-0.2, -0.15) is 0 Å². The van der Waals surface area contributed by atoms with E-state index in [0.717, 1.165) is 0 Å². The number of ketones is 3. The molecule has 3 aliphatic rings. The maximum atomic E-state index is 13.8. The number of ether oxygens (including phenoxy) is 3. The Balaban J connectivity index is 1.55. The third-order valence-corrected chi connectivity index (χ3v) is 9.06. The fourth-order valence-electron chi connectivity index (χ4n) is 6.31. The highest BCUT2D eigenvalue weighted by Crippen LogP contribution is 2.52. The number of phenols is 2. The van der Waals surface area contributed by atoms with Gasteiger partial charge in [-0.3, -0.25) is 14.4 Å². The van der Waals surface area contributed by atoms with Crippen LogP contribution in [-0.4, -0.2) is 98.8 Å². The maximum absolute atomic E-state index is 13.8. The topological polar surface area (TPSA) is 244 Å². The van der Waals surface area contributed by atoms with Gasteiger partial charge in [0.2, 0.25) is 5.78 Å². The zero-order chi connectivity index (χ0) is 34.5. The third-order valence-electron chi connectivity index (χ3n) is 9.06. The summed E-state index contributed by atoms with van der Waals surface area (Å²) in [4.78, 5) is 57.7. The molecule has 0 amide bonds. The number of carbonyl (C=O) groups excluding carboxylic acids is 4. The molecule has 254 valence electrons. The summed E-state index contributed by atoms with van der Waals surface area (Å²) in [7, 11) is 1.31. The number of hydroxylamine groups is 1. The van der Waals surface area contributed by atoms with Crippen LogP contribution >= 0.6 is 0 Å². The van der Waals surface area contributed by atoms with E-state index in [-0.39, 0.29) is 40.3 Å². The summed E-state index contributed by atoms with van der Waals surface area (Å²) in [6, 6.07) is 2.43. The smallest absolute Gasteiger partial charge is 0.341 e. The number of benzene rings is 2. The van der Waals surface area contributed by atoms with E-state index in [2.05, 4.69) is 5.48 Å². The minimum absolute atomic E-state index is 0.0653. The van der Waals surface area contributed by atoms with Crippen molar-refractivity contribution in [2.75, 3.05) is 13.7 Å². The van der Waals surface area contributed by atoms with Crippen LogP contribution in [0.3, 0.4) is 0 Å². The van der Waals surface area contributed by atoms with Crippen molar-refractivity contribution in [1.29, 1.82) is 0 Å². The third kappa shape index (κ3) is 5.88. The number of Topliss-reactive ketones (excluding diaryl/α,β-unsaturated/α-hetero) is 1. The standard InChI is InChI=1S/C32H38N2O13/c1-12(2)25(33)31(42)47-34-16-8-20(45-13(3)26(16)37)46-18-10-32(43,19(36)11-35)9-15-22(18)30(41)24-23(28(15)39)27(38)14-6-5-7-17(44-4)21(14)29(24)40/h5-7,12-13,16,18,20,25-26,34-35,37,39,41,43H,8-11,33H2,1-4H3/t13?,16?,18-,20?,25-,26?,32-/m0/s1. The minimum atomic E-state index is -2.33. The molecule has 15 heteroatoms. The van der Waals surface area contributed by atoms with Crippen molar-refractivity contribution in [2.24, 2.45) is 11.7 Å². The molecule has 1 aliphatic heterocycles. The zero-order valence-corrected chi connectivity index (χ0v) is 26.2. The lowest BCUT2D eigenvalue weighted by molar-refractivity contribution is -0.257. The molecule has 7 atom stereocenters. The Labute approximate surface area is 269 Å². The van der Waals surface area contributed by atoms with Gasteiger partial charge >= 0.3 is 5.97 Å². The van der Waals surface area contributed by atoms with Crippen LogP contribution in [0, 0.1) is 5.92 Å². The van der Waals surface area contributed by atoms with Gasteiger partial charge in [-0.25, -0.2) is 4.79 Å². The van der Waals surface area contributed by atoms with Crippen molar-refractivity contribution in [3.8, 4) is 17.2 Å². The van der Waals surface area contributed by atoms with Crippen molar-refractivity contribution in [3.05, 3.63) is 51.6 Å². The lowest BCUT2D eigenvalue weighted by atomic mass is 9.72. The molecule has 47 heavy (non-hydrogen) atoms. The van der Waals surface area contributed by atoms with Gasteiger partial charge in [0.05, 0.1) is 48.2 Å². The molecule has 4 unspecified atom stereocenters. The fourth-order valence-corrected chi connectivity index (χ4v) is 6.31. The van der Waals surface area contributed by atoms with Crippen molar-refractivity contribution < 1.29 is 63.8 Å². The van der Waals surface area contributed by atoms with Crippen LogP contribution in [0.4, 0.5) is 0 Å². The monoisotopic (exact) mass is 658 g/mol. The Bertz CT molecular complexity index is 1620. The molecular weight excluding hydrogens is 620 g/mol. The van der Waals surface area contributed by atoms with Crippen LogP contribution in [0.15, 0.2) is 18.2 Å². The Morgan fingerprint density at radius 2 is 1.81 bits per heavy atom. The number of hydrogen-bond donors (Lipinski definition) is 7. The molecule has 0 spiro atoms. The number of carbonyl (C=O) groups is 4. The average molecular weight is 659 g/mol. The van der Waals surface area contributed by atoms with Gasteiger partial charge in [0.15, 0.2) is 17.9 Å². The van der Waals surface area contributed by atoms with E-state index in [0.29, 0.717) is 0 Å². The average Bonchev–Trinajstić information content (AvgIpc) is 3.04. The van der Waals surface area contributed by atoms with Crippen LogP contribution in [-0.2, 0) is 30.3 Å². The summed E-state index contributed by atoms with van der Waals surface area (Å²) in [5.74, 6) is -5.03. The highest BCUT2D eigenvalue weighted by Gasteiger charge is 2.50. The van der Waals surface area contributed by atoms with Gasteiger partial charge < -0.3 is 50.3 Å². The van der Waals surface area contributed by atoms with Crippen LogP contribution in [0.5, 0.6) is 17.2 Å². The highest BCUT2D eigenvalue weighted by molar-refractivity contribution is 6.31. The molecule has 0 aromatic heterocycles. The van der Waals surface area contributed by atoms with E-state index in [1.807, 2.05) is 0 Å². The first-order valence-electron chi connectivity index (χ1n) is 15.1. The second-order valence-electron chi connectivity index (χ2n) is 12.4. The molecule has 5 rings (SSSR count). The van der Waals surface area contributed by atoms with E-state index in [4.69, 9.17) is 24.8 Å². The first-order chi connectivity index (χ1) is 22.1. The molecule has 0 bridgehead atoms. The number of methoxy groups -OCH3 is 1. The summed E-state index contributed by atoms with van der Waals surface area (Å²) < 4.78 is 17.3. The van der Waals surface area contributed by atoms with Gasteiger partial charge in [-0.1, -0.05) is 26.0 Å². The van der Waals surface area contributed by atoms with Gasteiger partial charge in [0.25, 0.3) is 0 Å². The van der Waals surface area contributed by atoms with E-state index in [9.17, 15) is 44.7 Å². The Hall–Kier alpha value is -3.96. The predicted molar refractivity (Wildman–Crippen MR) is 160 cm³/mol. The molecule has 0 saturated carbocycles. The van der Waals surface area contributed by atoms with E-state index < -0.39 is 108 Å². The van der Waals surface area contributed by atoms with Crippen molar-refractivity contribution >= 4 is 23.3 Å². The molecule has 1 saturated heterocycles. The SMILES string of the molecule is COc1cccc2c1C(=O)c1c(O)c3c(c(O)c1C2=O)C[C@@](O)(C(=O)CO)C[C@@H]3OC1CC(NOC(=O)[C@@H](N)C(C)C)C(O)C(C)O1. The van der Waals surface area contributed by atoms with Gasteiger partial charge in [0, 0.05) is 36.0 Å². The van der Waals surface area contributed by atoms with Crippen LogP contribution in [0.1, 0.15) is 82.7 Å². The number of fused-ring (bicyclic) bond motifs is 3. The van der Waals surface area contributed by atoms with Gasteiger partial charge in [-0.15, -0.1) is 5.48 Å². The number of rotatable bonds is 9. The van der Waals surface area contributed by atoms with Crippen LogP contribution < -0.4 is 16.0 Å². The molecule has 0 radical (unpaired) electrons. The number of aliphatic hydroxyl groups is 3. The molecule has 15 nitrogen and oxygen atoms in total. The van der Waals surface area contributed by atoms with Crippen molar-refractivity contribution in [2.45, 2.75) is 82.3 Å². The lowest BCUT2D eigenvalue weighted by Crippen LogP contribution is -2.55. The first-order valence-corrected chi connectivity index (χ1v) is 15.1. The summed E-state index contributed by atoms with van der Waals surface area (Å²) in [6.45, 7) is 3.91. The van der Waals surface area contributed by atoms with Crippen molar-refractivity contribution in [1.82, 2.24) is 5.48 Å². The number of aliphatic hydroxyl groups excluding tert-OH is 2. The normalized spacial score (nSPS) is 27.5.